The van der Waals surface area contributed by atoms with Gasteiger partial charge in [-0.3, -0.25) is 10.2 Å². The number of alkyl halides is 1. The van der Waals surface area contributed by atoms with Crippen molar-refractivity contribution >= 4 is 43.4 Å². The monoisotopic (exact) mass is 715 g/mol. The van der Waals surface area contributed by atoms with Gasteiger partial charge in [-0.2, -0.15) is 15.2 Å². The lowest BCUT2D eigenvalue weighted by atomic mass is 9.93. The number of rotatable bonds is 8. The number of hydrogen-bond donors (Lipinski definition) is 1. The summed E-state index contributed by atoms with van der Waals surface area (Å²) in [5.41, 5.74) is 0.207. The van der Waals surface area contributed by atoms with Gasteiger partial charge in [0.25, 0.3) is 0 Å². The summed E-state index contributed by atoms with van der Waals surface area (Å²) in [6, 6.07) is 15.7. The zero-order valence-electron chi connectivity index (χ0n) is 28.6. The van der Waals surface area contributed by atoms with Crippen LogP contribution in [0.3, 0.4) is 0 Å². The van der Waals surface area contributed by atoms with E-state index in [9.17, 15) is 14.4 Å². The molecule has 3 aromatic carbocycles. The molecule has 2 aromatic heterocycles. The SMILES string of the molecule is Cc1cc2c(OCc3ccccc3)nc(OC[C@@]34CCCN3C[C@H](F)C4)nc2c(F)c1-c1ccc(F)c2sc(NC(=O)OC(C)(C)C)c(C#N)c12. The number of thiophene rings is 1. The summed E-state index contributed by atoms with van der Waals surface area (Å²) < 4.78 is 64.6. The van der Waals surface area contributed by atoms with Gasteiger partial charge in [0.1, 0.15) is 47.4 Å². The van der Waals surface area contributed by atoms with Crippen LogP contribution >= 0.6 is 11.3 Å². The van der Waals surface area contributed by atoms with Crippen LogP contribution in [0.2, 0.25) is 0 Å². The van der Waals surface area contributed by atoms with Crippen LogP contribution in [0.1, 0.15) is 56.7 Å². The van der Waals surface area contributed by atoms with E-state index in [2.05, 4.69) is 26.3 Å². The summed E-state index contributed by atoms with van der Waals surface area (Å²) >= 11 is 0.860. The fourth-order valence-corrected chi connectivity index (χ4v) is 8.22. The Bertz CT molecular complexity index is 2200. The van der Waals surface area contributed by atoms with Crippen molar-refractivity contribution in [1.29, 1.82) is 5.26 Å². The second-order valence-electron chi connectivity index (χ2n) is 14.1. The quantitative estimate of drug-likeness (QED) is 0.170. The van der Waals surface area contributed by atoms with E-state index in [1.807, 2.05) is 30.3 Å². The van der Waals surface area contributed by atoms with Crippen molar-refractivity contribution in [2.24, 2.45) is 0 Å². The van der Waals surface area contributed by atoms with Gasteiger partial charge in [-0.05, 0) is 75.9 Å². The van der Waals surface area contributed by atoms with Gasteiger partial charge in [0.15, 0.2) is 5.82 Å². The summed E-state index contributed by atoms with van der Waals surface area (Å²) in [6.45, 7) is 8.17. The third-order valence-corrected chi connectivity index (χ3v) is 10.4. The molecule has 4 heterocycles. The average molecular weight is 716 g/mol. The number of hydrogen-bond acceptors (Lipinski definition) is 9. The van der Waals surface area contributed by atoms with Crippen LogP contribution in [0.15, 0.2) is 48.5 Å². The standard InChI is InChI=1S/C38H36F3N5O4S/c1-21-15-25-31(30(41)28(21)24-11-12-27(40)32-29(24)26(17-42)34(51-32)45-36(47)50-37(2,3)4)43-35(44-33(25)48-19-22-9-6-5-7-10-22)49-20-38-13-8-14-46(38)18-23(39)16-38/h5-7,9-12,15,23H,8,13-14,16,18-20H2,1-4H3,(H,45,47)/t23-,38+/m1/s1. The maximum absolute atomic E-state index is 17.1. The molecule has 13 heteroatoms. The molecule has 1 amide bonds. The van der Waals surface area contributed by atoms with E-state index in [0.717, 1.165) is 36.3 Å². The van der Waals surface area contributed by atoms with Crippen LogP contribution in [0.5, 0.6) is 11.9 Å². The zero-order chi connectivity index (χ0) is 36.1. The topological polar surface area (TPSA) is 110 Å². The predicted molar refractivity (Wildman–Crippen MR) is 189 cm³/mol. The molecule has 2 atom stereocenters. The van der Waals surface area contributed by atoms with E-state index in [4.69, 9.17) is 14.2 Å². The van der Waals surface area contributed by atoms with E-state index < -0.39 is 35.0 Å². The highest BCUT2D eigenvalue weighted by Gasteiger charge is 2.49. The van der Waals surface area contributed by atoms with Gasteiger partial charge in [-0.15, -0.1) is 11.3 Å². The molecule has 0 unspecified atom stereocenters. The molecule has 0 aliphatic carbocycles. The van der Waals surface area contributed by atoms with Crippen LogP contribution in [0.4, 0.5) is 23.0 Å². The summed E-state index contributed by atoms with van der Waals surface area (Å²) in [4.78, 5) is 23.8. The molecule has 0 bridgehead atoms. The Morgan fingerprint density at radius 3 is 2.69 bits per heavy atom. The van der Waals surface area contributed by atoms with Crippen LogP contribution < -0.4 is 14.8 Å². The van der Waals surface area contributed by atoms with Crippen molar-refractivity contribution in [3.8, 4) is 29.1 Å². The highest BCUT2D eigenvalue weighted by atomic mass is 32.1. The first-order valence-corrected chi connectivity index (χ1v) is 17.5. The molecule has 2 fully saturated rings. The molecule has 0 radical (unpaired) electrons. The van der Waals surface area contributed by atoms with Crippen LogP contribution in [0, 0.1) is 29.9 Å². The minimum absolute atomic E-state index is 0.0315. The van der Waals surface area contributed by atoms with E-state index in [1.54, 1.807) is 33.8 Å². The first-order chi connectivity index (χ1) is 24.4. The molecule has 0 spiro atoms. The first kappa shape index (κ1) is 34.5. The lowest BCUT2D eigenvalue weighted by Gasteiger charge is -2.30. The lowest BCUT2D eigenvalue weighted by molar-refractivity contribution is 0.0636. The number of nitriles is 1. The Morgan fingerprint density at radius 1 is 1.16 bits per heavy atom. The number of benzene rings is 3. The number of anilines is 1. The summed E-state index contributed by atoms with van der Waals surface area (Å²) in [7, 11) is 0. The van der Waals surface area contributed by atoms with E-state index in [1.165, 1.54) is 12.1 Å². The molecular weight excluding hydrogens is 680 g/mol. The molecule has 5 aromatic rings. The van der Waals surface area contributed by atoms with Gasteiger partial charge < -0.3 is 14.2 Å². The first-order valence-electron chi connectivity index (χ1n) is 16.7. The Kier molecular flexibility index (Phi) is 9.01. The fourth-order valence-electron chi connectivity index (χ4n) is 7.16. The normalized spacial score (nSPS) is 18.9. The summed E-state index contributed by atoms with van der Waals surface area (Å²) in [5.74, 6) is -1.29. The second kappa shape index (κ2) is 13.3. The van der Waals surface area contributed by atoms with Crippen LogP contribution in [0.25, 0.3) is 32.1 Å². The van der Waals surface area contributed by atoms with Gasteiger partial charge >= 0.3 is 12.1 Å². The predicted octanol–water partition coefficient (Wildman–Crippen LogP) is 8.85. The van der Waals surface area contributed by atoms with Crippen molar-refractivity contribution in [2.45, 2.75) is 70.9 Å². The number of nitrogens with one attached hydrogen (secondary N) is 1. The smallest absolute Gasteiger partial charge is 0.412 e. The van der Waals surface area contributed by atoms with E-state index in [0.29, 0.717) is 23.9 Å². The van der Waals surface area contributed by atoms with Gasteiger partial charge in [0, 0.05) is 23.9 Å². The molecule has 7 rings (SSSR count). The van der Waals surface area contributed by atoms with Gasteiger partial charge in [-0.1, -0.05) is 36.4 Å². The van der Waals surface area contributed by atoms with Gasteiger partial charge in [-0.25, -0.2) is 18.0 Å². The van der Waals surface area contributed by atoms with Crippen LogP contribution in [-0.2, 0) is 11.3 Å². The number of halogens is 3. The third-order valence-electron chi connectivity index (χ3n) is 9.31. The van der Waals surface area contributed by atoms with Crippen molar-refractivity contribution in [2.75, 3.05) is 25.0 Å². The molecule has 0 saturated carbocycles. The Balaban J connectivity index is 1.34. The molecular formula is C38H36F3N5O4S. The van der Waals surface area contributed by atoms with Crippen molar-refractivity contribution in [3.05, 3.63) is 76.9 Å². The molecule has 264 valence electrons. The zero-order valence-corrected chi connectivity index (χ0v) is 29.4. The number of amides is 1. The number of carbonyl (C=O) groups excluding carboxylic acids is 1. The average Bonchev–Trinajstić information content (AvgIpc) is 3.73. The van der Waals surface area contributed by atoms with E-state index in [-0.39, 0.29) is 62.4 Å². The van der Waals surface area contributed by atoms with Crippen molar-refractivity contribution in [1.82, 2.24) is 14.9 Å². The highest BCUT2D eigenvalue weighted by molar-refractivity contribution is 7.23. The Morgan fingerprint density at radius 2 is 1.94 bits per heavy atom. The number of fused-ring (bicyclic) bond motifs is 3. The minimum atomic E-state index is -0.957. The number of aryl methyl sites for hydroxylation is 1. The van der Waals surface area contributed by atoms with Crippen molar-refractivity contribution in [3.63, 3.8) is 0 Å². The maximum Gasteiger partial charge on any atom is 0.412 e. The molecule has 2 saturated heterocycles. The lowest BCUT2D eigenvalue weighted by Crippen LogP contribution is -2.43. The fraction of sp³-hybridized carbons (Fsp3) is 0.368. The Labute approximate surface area is 297 Å². The third kappa shape index (κ3) is 6.66. The number of nitrogens with zero attached hydrogens (tertiary/aromatic N) is 4. The minimum Gasteiger partial charge on any atom is -0.472 e. The molecule has 1 N–H and O–H groups in total. The maximum atomic E-state index is 17.1. The molecule has 2 aliphatic heterocycles. The molecule has 9 nitrogen and oxygen atoms in total. The highest BCUT2D eigenvalue weighted by Crippen LogP contribution is 2.46. The summed E-state index contributed by atoms with van der Waals surface area (Å²) in [5, 5.41) is 13.3. The number of carbonyl (C=O) groups is 1. The largest absolute Gasteiger partial charge is 0.472 e. The second-order valence-corrected chi connectivity index (χ2v) is 15.1. The van der Waals surface area contributed by atoms with Crippen LogP contribution in [-0.4, -0.2) is 58.0 Å². The Hall–Kier alpha value is -4.93. The van der Waals surface area contributed by atoms with Crippen molar-refractivity contribution < 1.29 is 32.2 Å². The van der Waals surface area contributed by atoms with Gasteiger partial charge in [0.05, 0.1) is 21.2 Å². The van der Waals surface area contributed by atoms with Gasteiger partial charge in [0.2, 0.25) is 5.88 Å². The summed E-state index contributed by atoms with van der Waals surface area (Å²) in [6.07, 6.45) is 0.257. The molecule has 2 aliphatic rings. The molecule has 51 heavy (non-hydrogen) atoms. The number of ether oxygens (including phenoxy) is 3. The van der Waals surface area contributed by atoms with E-state index >= 15 is 8.78 Å². The number of aromatic nitrogens is 2.